The maximum absolute atomic E-state index is 13.8. The molecule has 5 rings (SSSR count). The molecule has 10 heteroatoms. The van der Waals surface area contributed by atoms with Gasteiger partial charge >= 0.3 is 0 Å². The second-order valence-electron chi connectivity index (χ2n) is 10.5. The molecule has 0 bridgehead atoms. The van der Waals surface area contributed by atoms with Gasteiger partial charge in [0.15, 0.2) is 0 Å². The molecule has 1 saturated heterocycles. The van der Waals surface area contributed by atoms with Gasteiger partial charge in [-0.3, -0.25) is 9.59 Å². The van der Waals surface area contributed by atoms with Crippen LogP contribution in [0.3, 0.4) is 0 Å². The monoisotopic (exact) mass is 544 g/mol. The highest BCUT2D eigenvalue weighted by atomic mass is 32.1. The van der Waals surface area contributed by atoms with Gasteiger partial charge in [-0.1, -0.05) is 30.3 Å². The van der Waals surface area contributed by atoms with E-state index in [-0.39, 0.29) is 29.6 Å². The number of nitrogens with zero attached hydrogens (tertiary/aromatic N) is 5. The maximum atomic E-state index is 13.8. The number of hydrogen-bond donors (Lipinski definition) is 1. The Labute approximate surface area is 231 Å². The van der Waals surface area contributed by atoms with Crippen molar-refractivity contribution in [1.82, 2.24) is 25.0 Å². The van der Waals surface area contributed by atoms with E-state index in [0.29, 0.717) is 29.7 Å². The van der Waals surface area contributed by atoms with Crippen molar-refractivity contribution in [2.75, 3.05) is 20.6 Å². The number of nitrogens with two attached hydrogens (primary N) is 1. The van der Waals surface area contributed by atoms with E-state index < -0.39 is 5.54 Å². The number of benzene rings is 2. The molecule has 2 unspecified atom stereocenters. The lowest BCUT2D eigenvalue weighted by Crippen LogP contribution is -2.35. The summed E-state index contributed by atoms with van der Waals surface area (Å²) in [5.41, 5.74) is 8.91. The second-order valence-corrected chi connectivity index (χ2v) is 11.4. The number of aryl methyl sites for hydroxylation is 1. The van der Waals surface area contributed by atoms with Crippen LogP contribution in [-0.2, 0) is 12.0 Å². The van der Waals surface area contributed by atoms with Crippen LogP contribution in [0.4, 0.5) is 0 Å². The van der Waals surface area contributed by atoms with Crippen LogP contribution in [0.25, 0.3) is 11.5 Å². The smallest absolute Gasteiger partial charge is 0.254 e. The van der Waals surface area contributed by atoms with Crippen LogP contribution in [-0.4, -0.2) is 57.4 Å². The van der Waals surface area contributed by atoms with Crippen LogP contribution in [0.2, 0.25) is 0 Å². The van der Waals surface area contributed by atoms with Gasteiger partial charge in [-0.25, -0.2) is 4.98 Å². The third-order valence-electron chi connectivity index (χ3n) is 6.84. The van der Waals surface area contributed by atoms with Gasteiger partial charge in [0.1, 0.15) is 5.01 Å². The number of carbonyl (C=O) groups is 2. The van der Waals surface area contributed by atoms with Crippen LogP contribution < -0.4 is 5.73 Å². The Kier molecular flexibility index (Phi) is 7.33. The molecule has 2 atom stereocenters. The molecule has 0 aliphatic carbocycles. The average molecular weight is 545 g/mol. The van der Waals surface area contributed by atoms with Crippen molar-refractivity contribution >= 4 is 23.2 Å². The molecule has 0 saturated carbocycles. The minimum absolute atomic E-state index is 0.0844. The summed E-state index contributed by atoms with van der Waals surface area (Å²) in [6.45, 7) is 4.42. The van der Waals surface area contributed by atoms with Crippen molar-refractivity contribution in [3.8, 4) is 11.5 Å². The Morgan fingerprint density at radius 1 is 1.15 bits per heavy atom. The summed E-state index contributed by atoms with van der Waals surface area (Å²) in [6, 6.07) is 14.8. The van der Waals surface area contributed by atoms with E-state index in [1.807, 2.05) is 54.5 Å². The number of hydrogen-bond acceptors (Lipinski definition) is 8. The van der Waals surface area contributed by atoms with Crippen molar-refractivity contribution < 1.29 is 14.0 Å². The first-order chi connectivity index (χ1) is 18.6. The van der Waals surface area contributed by atoms with E-state index in [4.69, 9.17) is 10.2 Å². The number of aromatic nitrogens is 3. The van der Waals surface area contributed by atoms with E-state index in [2.05, 4.69) is 15.2 Å². The summed E-state index contributed by atoms with van der Waals surface area (Å²) in [5, 5.41) is 11.4. The van der Waals surface area contributed by atoms with E-state index in [0.717, 1.165) is 29.1 Å². The quantitative estimate of drug-likeness (QED) is 0.361. The van der Waals surface area contributed by atoms with Gasteiger partial charge in [-0.05, 0) is 56.9 Å². The van der Waals surface area contributed by atoms with Gasteiger partial charge < -0.3 is 20.0 Å². The van der Waals surface area contributed by atoms with Crippen molar-refractivity contribution in [2.45, 2.75) is 44.7 Å². The number of carbonyl (C=O) groups excluding carboxylic acids is 2. The van der Waals surface area contributed by atoms with Gasteiger partial charge in [0.05, 0.1) is 11.6 Å². The predicted octanol–water partition coefficient (Wildman–Crippen LogP) is 4.60. The molecule has 2 N–H and O–H groups in total. The van der Waals surface area contributed by atoms with Crippen LogP contribution >= 0.6 is 11.3 Å². The molecule has 0 radical (unpaired) electrons. The zero-order valence-electron chi connectivity index (χ0n) is 22.5. The molecule has 1 fully saturated rings. The van der Waals surface area contributed by atoms with Gasteiger partial charge in [0, 0.05) is 48.4 Å². The minimum atomic E-state index is -0.906. The fraction of sp³-hybridized carbons (Fsp3) is 0.345. The molecule has 0 spiro atoms. The zero-order valence-corrected chi connectivity index (χ0v) is 23.4. The molecule has 1 aliphatic heterocycles. The first-order valence-corrected chi connectivity index (χ1v) is 13.8. The van der Waals surface area contributed by atoms with Crippen molar-refractivity contribution in [3.05, 3.63) is 87.2 Å². The highest BCUT2D eigenvalue weighted by molar-refractivity contribution is 7.09. The third-order valence-corrected chi connectivity index (χ3v) is 7.91. The van der Waals surface area contributed by atoms with E-state index >= 15 is 0 Å². The molecule has 2 amide bonds. The molecular formula is C29H32N6O3S. The largest absolute Gasteiger partial charge is 0.419 e. The van der Waals surface area contributed by atoms with Crippen LogP contribution in [0.15, 0.2) is 58.3 Å². The lowest BCUT2D eigenvalue weighted by Gasteiger charge is -2.24. The fourth-order valence-corrected chi connectivity index (χ4v) is 5.82. The van der Waals surface area contributed by atoms with Crippen LogP contribution in [0, 0.1) is 6.92 Å². The molecule has 2 aromatic heterocycles. The second kappa shape index (κ2) is 10.7. The summed E-state index contributed by atoms with van der Waals surface area (Å²) in [4.78, 5) is 34.8. The number of likely N-dealkylation sites (tertiary alicyclic amines) is 1. The number of thiazole rings is 1. The van der Waals surface area contributed by atoms with E-state index in [9.17, 15) is 9.59 Å². The molecule has 1 aliphatic rings. The topological polar surface area (TPSA) is 118 Å². The predicted molar refractivity (Wildman–Crippen MR) is 149 cm³/mol. The molecule has 202 valence electrons. The van der Waals surface area contributed by atoms with Crippen molar-refractivity contribution in [3.63, 3.8) is 0 Å². The summed E-state index contributed by atoms with van der Waals surface area (Å²) in [6.07, 6.45) is 2.25. The SMILES string of the molecule is Cc1csc(C2CCCN2C(=O)c2cc(C(=O)N(C)C)cc(-c3nnc(C(C)(N)Cc4ccccc4)o3)c2)n1. The van der Waals surface area contributed by atoms with E-state index in [1.165, 1.54) is 4.90 Å². The summed E-state index contributed by atoms with van der Waals surface area (Å²) in [5.74, 6) is 0.0856. The Bertz CT molecular complexity index is 1490. The molecule has 4 aromatic rings. The van der Waals surface area contributed by atoms with Gasteiger partial charge in [0.2, 0.25) is 11.8 Å². The number of rotatable bonds is 7. The van der Waals surface area contributed by atoms with Crippen molar-refractivity contribution in [1.29, 1.82) is 0 Å². The van der Waals surface area contributed by atoms with Gasteiger partial charge in [-0.15, -0.1) is 21.5 Å². The minimum Gasteiger partial charge on any atom is -0.419 e. The Balaban J connectivity index is 1.49. The Morgan fingerprint density at radius 3 is 2.59 bits per heavy atom. The van der Waals surface area contributed by atoms with Crippen molar-refractivity contribution in [2.24, 2.45) is 5.73 Å². The third kappa shape index (κ3) is 5.62. The molecule has 3 heterocycles. The zero-order chi connectivity index (χ0) is 27.7. The average Bonchev–Trinajstić information content (AvgIpc) is 3.68. The normalized spacial score (nSPS) is 16.7. The summed E-state index contributed by atoms with van der Waals surface area (Å²) < 4.78 is 6.05. The molecule has 2 aromatic carbocycles. The highest BCUT2D eigenvalue weighted by Gasteiger charge is 2.34. The van der Waals surface area contributed by atoms with Crippen LogP contribution in [0.1, 0.15) is 68.7 Å². The number of amides is 2. The lowest BCUT2D eigenvalue weighted by atomic mass is 9.94. The van der Waals surface area contributed by atoms with Gasteiger partial charge in [-0.2, -0.15) is 0 Å². The highest BCUT2D eigenvalue weighted by Crippen LogP contribution is 2.35. The summed E-state index contributed by atoms with van der Waals surface area (Å²) >= 11 is 1.57. The molecule has 39 heavy (non-hydrogen) atoms. The first-order valence-electron chi connectivity index (χ1n) is 12.9. The first kappa shape index (κ1) is 26.7. The Hall–Kier alpha value is -3.89. The fourth-order valence-electron chi connectivity index (χ4n) is 4.88. The lowest BCUT2D eigenvalue weighted by molar-refractivity contribution is 0.0735. The van der Waals surface area contributed by atoms with E-state index in [1.54, 1.807) is 43.6 Å². The Morgan fingerprint density at radius 2 is 1.90 bits per heavy atom. The van der Waals surface area contributed by atoms with Gasteiger partial charge in [0.25, 0.3) is 11.8 Å². The standard InChI is InChI=1S/C29H32N6O3S/c1-18-17-39-25(31-18)23-11-8-12-35(23)27(37)22-14-20(13-21(15-22)26(36)34(3)4)24-32-33-28(38-24)29(2,30)16-19-9-6-5-7-10-19/h5-7,9-10,13-15,17,23H,8,11-12,16,30H2,1-4H3. The van der Waals surface area contributed by atoms with Crippen LogP contribution in [0.5, 0.6) is 0 Å². The molecule has 9 nitrogen and oxygen atoms in total. The molecular weight excluding hydrogens is 512 g/mol. The summed E-state index contributed by atoms with van der Waals surface area (Å²) in [7, 11) is 3.35. The maximum Gasteiger partial charge on any atom is 0.254 e.